The number of benzene rings is 2. The SMILES string of the molecule is CCN(CC(=O)Nc1ccc(Br)cc1C)Cc1nc2ccccc2c(=O)[nH]1. The second-order valence-electron chi connectivity index (χ2n) is 6.34. The third-order valence-electron chi connectivity index (χ3n) is 4.31. The third-order valence-corrected chi connectivity index (χ3v) is 4.81. The molecule has 1 aromatic heterocycles. The molecular formula is C20H21BrN4O2. The lowest BCUT2D eigenvalue weighted by Gasteiger charge is -2.19. The van der Waals surface area contributed by atoms with E-state index in [1.165, 1.54) is 0 Å². The summed E-state index contributed by atoms with van der Waals surface area (Å²) in [5.41, 5.74) is 2.27. The van der Waals surface area contributed by atoms with Gasteiger partial charge in [0.05, 0.1) is 24.0 Å². The topological polar surface area (TPSA) is 78.1 Å². The second-order valence-corrected chi connectivity index (χ2v) is 7.26. The maximum Gasteiger partial charge on any atom is 0.258 e. The zero-order valence-corrected chi connectivity index (χ0v) is 16.8. The van der Waals surface area contributed by atoms with Gasteiger partial charge in [0.25, 0.3) is 5.56 Å². The van der Waals surface area contributed by atoms with Gasteiger partial charge in [-0.2, -0.15) is 0 Å². The molecule has 0 aliphatic rings. The summed E-state index contributed by atoms with van der Waals surface area (Å²) in [5.74, 6) is 0.443. The summed E-state index contributed by atoms with van der Waals surface area (Å²) >= 11 is 3.42. The summed E-state index contributed by atoms with van der Waals surface area (Å²) < 4.78 is 0.972. The van der Waals surface area contributed by atoms with Crippen molar-refractivity contribution in [1.29, 1.82) is 0 Å². The minimum Gasteiger partial charge on any atom is -0.325 e. The standard InChI is InChI=1S/C20H21BrN4O2/c1-3-25(12-19(26)23-16-9-8-14(21)10-13(16)2)11-18-22-17-7-5-4-6-15(17)20(27)24-18/h4-10H,3,11-12H2,1-2H3,(H,23,26)(H,22,24,27). The van der Waals surface area contributed by atoms with Crippen molar-refractivity contribution in [2.75, 3.05) is 18.4 Å². The van der Waals surface area contributed by atoms with Gasteiger partial charge >= 0.3 is 0 Å². The van der Waals surface area contributed by atoms with E-state index in [0.717, 1.165) is 15.7 Å². The largest absolute Gasteiger partial charge is 0.325 e. The molecule has 0 radical (unpaired) electrons. The van der Waals surface area contributed by atoms with Crippen LogP contribution >= 0.6 is 15.9 Å². The normalized spacial score (nSPS) is 11.1. The van der Waals surface area contributed by atoms with Crippen LogP contribution in [0.4, 0.5) is 5.69 Å². The van der Waals surface area contributed by atoms with E-state index < -0.39 is 0 Å². The highest BCUT2D eigenvalue weighted by Crippen LogP contribution is 2.20. The van der Waals surface area contributed by atoms with Crippen molar-refractivity contribution in [3.63, 3.8) is 0 Å². The molecule has 2 aromatic carbocycles. The van der Waals surface area contributed by atoms with E-state index in [4.69, 9.17) is 0 Å². The van der Waals surface area contributed by atoms with Gasteiger partial charge in [0.1, 0.15) is 5.82 Å². The lowest BCUT2D eigenvalue weighted by atomic mass is 10.2. The van der Waals surface area contributed by atoms with Gasteiger partial charge in [0.15, 0.2) is 0 Å². The van der Waals surface area contributed by atoms with Crippen LogP contribution in [0.5, 0.6) is 0 Å². The Labute approximate surface area is 165 Å². The maximum absolute atomic E-state index is 12.4. The summed E-state index contributed by atoms with van der Waals surface area (Å²) in [5, 5.41) is 3.50. The highest BCUT2D eigenvalue weighted by Gasteiger charge is 2.13. The molecule has 0 atom stereocenters. The second kappa shape index (κ2) is 8.45. The number of carbonyl (C=O) groups excluding carboxylic acids is 1. The van der Waals surface area contributed by atoms with Crippen molar-refractivity contribution >= 4 is 38.4 Å². The highest BCUT2D eigenvalue weighted by atomic mass is 79.9. The van der Waals surface area contributed by atoms with E-state index in [0.29, 0.717) is 29.8 Å². The van der Waals surface area contributed by atoms with Crippen molar-refractivity contribution in [3.8, 4) is 0 Å². The summed E-state index contributed by atoms with van der Waals surface area (Å²) in [4.78, 5) is 33.9. The number of aromatic nitrogens is 2. The molecule has 6 nitrogen and oxygen atoms in total. The number of likely N-dealkylation sites (N-methyl/N-ethyl adjacent to an activating group) is 1. The van der Waals surface area contributed by atoms with E-state index in [-0.39, 0.29) is 18.0 Å². The first-order valence-electron chi connectivity index (χ1n) is 8.72. The number of hydrogen-bond donors (Lipinski definition) is 2. The molecule has 0 aliphatic heterocycles. The smallest absolute Gasteiger partial charge is 0.258 e. The van der Waals surface area contributed by atoms with Crippen molar-refractivity contribution in [2.45, 2.75) is 20.4 Å². The third kappa shape index (κ3) is 4.81. The predicted molar refractivity (Wildman–Crippen MR) is 111 cm³/mol. The Balaban J connectivity index is 1.70. The average Bonchev–Trinajstić information content (AvgIpc) is 2.63. The molecule has 2 N–H and O–H groups in total. The number of hydrogen-bond acceptors (Lipinski definition) is 4. The first kappa shape index (κ1) is 19.3. The summed E-state index contributed by atoms with van der Waals surface area (Å²) in [6.45, 7) is 5.17. The fourth-order valence-electron chi connectivity index (χ4n) is 2.86. The van der Waals surface area contributed by atoms with Crippen molar-refractivity contribution in [3.05, 3.63) is 68.7 Å². The molecule has 140 valence electrons. The molecule has 27 heavy (non-hydrogen) atoms. The number of para-hydroxylation sites is 1. The molecule has 0 unspecified atom stereocenters. The maximum atomic E-state index is 12.4. The van der Waals surface area contributed by atoms with Crippen LogP contribution in [0.1, 0.15) is 18.3 Å². The fourth-order valence-corrected chi connectivity index (χ4v) is 3.34. The number of aromatic amines is 1. The molecule has 0 fully saturated rings. The quantitative estimate of drug-likeness (QED) is 0.629. The number of halogens is 1. The Morgan fingerprint density at radius 1 is 1.26 bits per heavy atom. The number of fused-ring (bicyclic) bond motifs is 1. The summed E-state index contributed by atoms with van der Waals surface area (Å²) in [6, 6.07) is 12.9. The van der Waals surface area contributed by atoms with Crippen LogP contribution in [0.3, 0.4) is 0 Å². The monoisotopic (exact) mass is 428 g/mol. The Bertz CT molecular complexity index is 1030. The van der Waals surface area contributed by atoms with Crippen molar-refractivity contribution in [2.24, 2.45) is 0 Å². The fraction of sp³-hybridized carbons (Fsp3) is 0.250. The number of aryl methyl sites for hydroxylation is 1. The van der Waals surface area contributed by atoms with Crippen LogP contribution in [0.15, 0.2) is 51.7 Å². The molecule has 7 heteroatoms. The van der Waals surface area contributed by atoms with Crippen LogP contribution in [0.2, 0.25) is 0 Å². The Morgan fingerprint density at radius 2 is 2.04 bits per heavy atom. The lowest BCUT2D eigenvalue weighted by molar-refractivity contribution is -0.117. The molecule has 3 rings (SSSR count). The van der Waals surface area contributed by atoms with Crippen LogP contribution in [-0.4, -0.2) is 33.9 Å². The van der Waals surface area contributed by atoms with E-state index in [9.17, 15) is 9.59 Å². The summed E-state index contributed by atoms with van der Waals surface area (Å²) in [7, 11) is 0. The molecule has 0 saturated carbocycles. The molecule has 3 aromatic rings. The molecule has 0 spiro atoms. The Hall–Kier alpha value is -2.51. The van der Waals surface area contributed by atoms with Crippen molar-refractivity contribution < 1.29 is 4.79 Å². The first-order chi connectivity index (χ1) is 13.0. The highest BCUT2D eigenvalue weighted by molar-refractivity contribution is 9.10. The van der Waals surface area contributed by atoms with Crippen molar-refractivity contribution in [1.82, 2.24) is 14.9 Å². The average molecular weight is 429 g/mol. The number of rotatable bonds is 6. The minimum atomic E-state index is -0.165. The number of nitrogens with one attached hydrogen (secondary N) is 2. The van der Waals surface area contributed by atoms with Gasteiger partial charge in [0.2, 0.25) is 5.91 Å². The van der Waals surface area contributed by atoms with Crippen LogP contribution in [-0.2, 0) is 11.3 Å². The van der Waals surface area contributed by atoms with Gasteiger partial charge in [-0.1, -0.05) is 35.0 Å². The molecule has 0 saturated heterocycles. The van der Waals surface area contributed by atoms with Gasteiger partial charge in [-0.25, -0.2) is 4.98 Å². The van der Waals surface area contributed by atoms with E-state index in [1.807, 2.05) is 55.1 Å². The molecule has 1 amide bonds. The van der Waals surface area contributed by atoms with Gasteiger partial charge < -0.3 is 10.3 Å². The van der Waals surface area contributed by atoms with Gasteiger partial charge in [0, 0.05) is 10.2 Å². The zero-order valence-electron chi connectivity index (χ0n) is 15.3. The van der Waals surface area contributed by atoms with Gasteiger partial charge in [-0.15, -0.1) is 0 Å². The molecule has 0 bridgehead atoms. The number of carbonyl (C=O) groups is 1. The van der Waals surface area contributed by atoms with E-state index >= 15 is 0 Å². The zero-order chi connectivity index (χ0) is 19.4. The molecular weight excluding hydrogens is 408 g/mol. The van der Waals surface area contributed by atoms with E-state index in [2.05, 4.69) is 31.2 Å². The first-order valence-corrected chi connectivity index (χ1v) is 9.52. The van der Waals surface area contributed by atoms with E-state index in [1.54, 1.807) is 6.07 Å². The number of nitrogens with zero attached hydrogens (tertiary/aromatic N) is 2. The van der Waals surface area contributed by atoms with Gasteiger partial charge in [-0.05, 0) is 49.4 Å². The Morgan fingerprint density at radius 3 is 2.78 bits per heavy atom. The predicted octanol–water partition coefficient (Wildman–Crippen LogP) is 3.45. The molecule has 0 aliphatic carbocycles. The summed E-state index contributed by atoms with van der Waals surface area (Å²) in [6.07, 6.45) is 0. The molecule has 1 heterocycles. The van der Waals surface area contributed by atoms with Crippen LogP contribution in [0, 0.1) is 6.92 Å². The van der Waals surface area contributed by atoms with Crippen LogP contribution < -0.4 is 10.9 Å². The Kier molecular flexibility index (Phi) is 6.03. The number of H-pyrrole nitrogens is 1. The lowest BCUT2D eigenvalue weighted by Crippen LogP contribution is -2.34. The number of amides is 1. The minimum absolute atomic E-state index is 0.106. The number of anilines is 1. The van der Waals surface area contributed by atoms with Crippen LogP contribution in [0.25, 0.3) is 10.9 Å². The van der Waals surface area contributed by atoms with Gasteiger partial charge in [-0.3, -0.25) is 14.5 Å².